The Hall–Kier alpha value is -2.25. The van der Waals surface area contributed by atoms with Gasteiger partial charge in [0.25, 0.3) is 0 Å². The van der Waals surface area contributed by atoms with E-state index >= 15 is 0 Å². The first-order valence-electron chi connectivity index (χ1n) is 9.84. The number of benzene rings is 1. The van der Waals surface area contributed by atoms with Crippen LogP contribution in [0.4, 0.5) is 0 Å². The molecule has 2 saturated heterocycles. The van der Waals surface area contributed by atoms with Crippen LogP contribution in [-0.4, -0.2) is 65.0 Å². The van der Waals surface area contributed by atoms with E-state index < -0.39 is 0 Å². The quantitative estimate of drug-likeness (QED) is 0.672. The van der Waals surface area contributed by atoms with Gasteiger partial charge in [0.2, 0.25) is 11.8 Å². The number of likely N-dealkylation sites (tertiary alicyclic amines) is 2. The lowest BCUT2D eigenvalue weighted by Crippen LogP contribution is -2.41. The molecule has 28 heavy (non-hydrogen) atoms. The van der Waals surface area contributed by atoms with Gasteiger partial charge < -0.3 is 14.5 Å². The van der Waals surface area contributed by atoms with Crippen molar-refractivity contribution in [2.24, 2.45) is 0 Å². The molecule has 3 heterocycles. The second kappa shape index (κ2) is 8.41. The third kappa shape index (κ3) is 3.82. The lowest BCUT2D eigenvalue weighted by molar-refractivity contribution is -0.131. The normalized spacial score (nSPS) is 21.4. The van der Waals surface area contributed by atoms with Crippen LogP contribution < -0.4 is 0 Å². The van der Waals surface area contributed by atoms with E-state index in [1.807, 2.05) is 52.4 Å². The molecule has 0 spiro atoms. The van der Waals surface area contributed by atoms with E-state index in [1.54, 1.807) is 11.3 Å². The molecule has 2 aliphatic rings. The molecule has 0 radical (unpaired) electrons. The number of ether oxygens (including phenoxy) is 1. The number of thiazole rings is 1. The summed E-state index contributed by atoms with van der Waals surface area (Å²) in [6.07, 6.45) is 1.56. The van der Waals surface area contributed by atoms with E-state index in [4.69, 9.17) is 4.74 Å². The fraction of sp³-hybridized carbons (Fsp3) is 0.476. The van der Waals surface area contributed by atoms with Crippen molar-refractivity contribution >= 4 is 23.2 Å². The molecule has 2 aromatic rings. The van der Waals surface area contributed by atoms with Gasteiger partial charge in [-0.1, -0.05) is 30.3 Å². The maximum absolute atomic E-state index is 12.9. The minimum absolute atomic E-state index is 0.00569. The summed E-state index contributed by atoms with van der Waals surface area (Å²) in [5.74, 6) is 0.198. The molecule has 0 unspecified atom stereocenters. The molecule has 6 nitrogen and oxygen atoms in total. The fourth-order valence-corrected chi connectivity index (χ4v) is 5.02. The number of carbonyl (C=O) groups excluding carboxylic acids is 2. The van der Waals surface area contributed by atoms with Crippen LogP contribution in [0, 0.1) is 0 Å². The van der Waals surface area contributed by atoms with Crippen LogP contribution in [0.3, 0.4) is 0 Å². The Balaban J connectivity index is 1.39. The molecular formula is C21H25N3O3S. The Morgan fingerprint density at radius 1 is 1.29 bits per heavy atom. The van der Waals surface area contributed by atoms with Gasteiger partial charge in [-0.3, -0.25) is 9.59 Å². The second-order valence-electron chi connectivity index (χ2n) is 7.19. The first-order valence-corrected chi connectivity index (χ1v) is 10.7. The highest BCUT2D eigenvalue weighted by molar-refractivity contribution is 7.13. The Morgan fingerprint density at radius 2 is 2.11 bits per heavy atom. The van der Waals surface area contributed by atoms with Crippen molar-refractivity contribution in [1.82, 2.24) is 14.8 Å². The van der Waals surface area contributed by atoms with E-state index in [2.05, 4.69) is 4.98 Å². The number of nitrogens with zero attached hydrogens (tertiary/aromatic N) is 3. The van der Waals surface area contributed by atoms with E-state index in [0.717, 1.165) is 22.7 Å². The zero-order valence-electron chi connectivity index (χ0n) is 16.0. The average Bonchev–Trinajstić information content (AvgIpc) is 3.39. The van der Waals surface area contributed by atoms with Crippen molar-refractivity contribution in [2.45, 2.75) is 38.3 Å². The van der Waals surface area contributed by atoms with E-state index in [9.17, 15) is 9.59 Å². The minimum atomic E-state index is -0.00569. The minimum Gasteiger partial charge on any atom is -0.380 e. The first kappa shape index (κ1) is 19.1. The molecule has 148 valence electrons. The Morgan fingerprint density at radius 3 is 2.89 bits per heavy atom. The third-order valence-corrected chi connectivity index (χ3v) is 6.46. The van der Waals surface area contributed by atoms with Gasteiger partial charge in [-0.05, 0) is 13.3 Å². The van der Waals surface area contributed by atoms with Crippen LogP contribution in [0.15, 0.2) is 35.7 Å². The van der Waals surface area contributed by atoms with Crippen molar-refractivity contribution < 1.29 is 14.3 Å². The highest BCUT2D eigenvalue weighted by atomic mass is 32.1. The summed E-state index contributed by atoms with van der Waals surface area (Å²) in [6, 6.07) is 10.1. The topological polar surface area (TPSA) is 62.7 Å². The molecule has 0 saturated carbocycles. The van der Waals surface area contributed by atoms with E-state index in [1.165, 1.54) is 0 Å². The summed E-state index contributed by atoms with van der Waals surface area (Å²) < 4.78 is 5.40. The average molecular weight is 400 g/mol. The van der Waals surface area contributed by atoms with Crippen LogP contribution in [0.2, 0.25) is 0 Å². The predicted octanol–water partition coefficient (Wildman–Crippen LogP) is 2.59. The van der Waals surface area contributed by atoms with Crippen LogP contribution in [0.25, 0.3) is 10.6 Å². The fourth-order valence-electron chi connectivity index (χ4n) is 4.19. The number of fused-ring (bicyclic) bond motifs is 1. The molecule has 4 rings (SSSR count). The zero-order valence-corrected chi connectivity index (χ0v) is 16.9. The lowest BCUT2D eigenvalue weighted by atomic mass is 10.1. The van der Waals surface area contributed by atoms with Gasteiger partial charge >= 0.3 is 0 Å². The van der Waals surface area contributed by atoms with Crippen molar-refractivity contribution in [3.05, 3.63) is 41.4 Å². The standard InChI is InChI=1S/C21H25N3O3S/c1-2-27-11-10-24-17-8-9-23(18(17)13-20(24)26)19(25)12-16-14-28-21(22-16)15-6-4-3-5-7-15/h3-7,14,17-18H,2,8-13H2,1H3/t17-,18-/m0/s1. The molecule has 2 amide bonds. The molecule has 2 aliphatic heterocycles. The SMILES string of the molecule is CCOCCN1C(=O)C[C@H]2[C@@H]1CCN2C(=O)Cc1csc(-c2ccccc2)n1. The molecule has 1 aromatic carbocycles. The number of hydrogen-bond acceptors (Lipinski definition) is 5. The zero-order chi connectivity index (χ0) is 19.5. The Bertz CT molecular complexity index is 838. The third-order valence-electron chi connectivity index (χ3n) is 5.52. The number of hydrogen-bond donors (Lipinski definition) is 0. The predicted molar refractivity (Wildman–Crippen MR) is 108 cm³/mol. The van der Waals surface area contributed by atoms with Crippen LogP contribution in [0.5, 0.6) is 0 Å². The smallest absolute Gasteiger partial charge is 0.228 e. The molecule has 0 N–H and O–H groups in total. The number of amides is 2. The van der Waals surface area contributed by atoms with Crippen molar-refractivity contribution in [3.63, 3.8) is 0 Å². The Kier molecular flexibility index (Phi) is 5.73. The molecule has 2 fully saturated rings. The van der Waals surface area contributed by atoms with Gasteiger partial charge in [-0.15, -0.1) is 11.3 Å². The highest BCUT2D eigenvalue weighted by Crippen LogP contribution is 2.33. The number of rotatable bonds is 7. The molecule has 0 aliphatic carbocycles. The maximum atomic E-state index is 12.9. The van der Waals surface area contributed by atoms with Gasteiger partial charge in [-0.2, -0.15) is 0 Å². The maximum Gasteiger partial charge on any atom is 0.228 e. The van der Waals surface area contributed by atoms with Crippen LogP contribution in [0.1, 0.15) is 25.5 Å². The summed E-state index contributed by atoms with van der Waals surface area (Å²) in [5, 5.41) is 2.89. The van der Waals surface area contributed by atoms with Crippen LogP contribution in [-0.2, 0) is 20.7 Å². The summed E-state index contributed by atoms with van der Waals surface area (Å²) in [4.78, 5) is 33.7. The van der Waals surface area contributed by atoms with Gasteiger partial charge in [-0.25, -0.2) is 4.98 Å². The molecule has 2 atom stereocenters. The largest absolute Gasteiger partial charge is 0.380 e. The number of carbonyl (C=O) groups is 2. The lowest BCUT2D eigenvalue weighted by Gasteiger charge is -2.25. The summed E-state index contributed by atoms with van der Waals surface area (Å²) in [5.41, 5.74) is 1.87. The van der Waals surface area contributed by atoms with E-state index in [0.29, 0.717) is 39.1 Å². The van der Waals surface area contributed by atoms with Gasteiger partial charge in [0.15, 0.2) is 0 Å². The summed E-state index contributed by atoms with van der Waals surface area (Å²) in [7, 11) is 0. The molecule has 0 bridgehead atoms. The molecular weight excluding hydrogens is 374 g/mol. The molecule has 1 aromatic heterocycles. The van der Waals surface area contributed by atoms with E-state index in [-0.39, 0.29) is 23.9 Å². The van der Waals surface area contributed by atoms with Crippen LogP contribution >= 0.6 is 11.3 Å². The van der Waals surface area contributed by atoms with Gasteiger partial charge in [0, 0.05) is 37.1 Å². The number of aromatic nitrogens is 1. The molecule has 7 heteroatoms. The van der Waals surface area contributed by atoms with Crippen molar-refractivity contribution in [1.29, 1.82) is 0 Å². The van der Waals surface area contributed by atoms with Crippen molar-refractivity contribution in [3.8, 4) is 10.6 Å². The summed E-state index contributed by atoms with van der Waals surface area (Å²) >= 11 is 1.56. The van der Waals surface area contributed by atoms with Gasteiger partial charge in [0.1, 0.15) is 5.01 Å². The first-order chi connectivity index (χ1) is 13.7. The monoisotopic (exact) mass is 399 g/mol. The van der Waals surface area contributed by atoms with Crippen molar-refractivity contribution in [2.75, 3.05) is 26.3 Å². The van der Waals surface area contributed by atoms with Gasteiger partial charge in [0.05, 0.1) is 30.8 Å². The second-order valence-corrected chi connectivity index (χ2v) is 8.04. The highest BCUT2D eigenvalue weighted by Gasteiger charge is 2.47. The summed E-state index contributed by atoms with van der Waals surface area (Å²) in [6.45, 7) is 4.48. The Labute approximate surface area is 169 Å².